The van der Waals surface area contributed by atoms with Crippen LogP contribution in [0.2, 0.25) is 0 Å². The normalized spacial score (nSPS) is 11.4. The van der Waals surface area contributed by atoms with Crippen molar-refractivity contribution in [3.63, 3.8) is 0 Å². The summed E-state index contributed by atoms with van der Waals surface area (Å²) in [4.78, 5) is 44.6. The number of aromatic amines is 1. The first-order valence-corrected chi connectivity index (χ1v) is 10.8. The first-order valence-electron chi connectivity index (χ1n) is 10.8. The Balaban J connectivity index is 1.92. The number of imidazole rings is 1. The van der Waals surface area contributed by atoms with Crippen molar-refractivity contribution in [2.75, 3.05) is 19.0 Å². The lowest BCUT2D eigenvalue weighted by molar-refractivity contribution is -0.116. The van der Waals surface area contributed by atoms with Gasteiger partial charge in [-0.05, 0) is 43.0 Å². The average Bonchev–Trinajstić information content (AvgIpc) is 3.05. The fourth-order valence-electron chi connectivity index (χ4n) is 3.86. The smallest absolute Gasteiger partial charge is 0.330 e. The molecule has 0 atom stereocenters. The number of nitrogens with one attached hydrogen (secondary N) is 2. The summed E-state index contributed by atoms with van der Waals surface area (Å²) in [5.74, 6) is 0.619. The van der Waals surface area contributed by atoms with E-state index in [1.54, 1.807) is 11.7 Å². The van der Waals surface area contributed by atoms with E-state index in [0.717, 1.165) is 16.8 Å². The maximum absolute atomic E-state index is 12.6. The summed E-state index contributed by atoms with van der Waals surface area (Å²) in [5.41, 5.74) is 2.60. The van der Waals surface area contributed by atoms with E-state index < -0.39 is 11.2 Å². The molecule has 32 heavy (non-hydrogen) atoms. The molecule has 9 heteroatoms. The number of rotatable bonds is 9. The largest absolute Gasteiger partial charge is 0.383 e. The topological polar surface area (TPSA) is 111 Å². The first kappa shape index (κ1) is 23.5. The van der Waals surface area contributed by atoms with Crippen molar-refractivity contribution in [3.05, 3.63) is 56.0 Å². The van der Waals surface area contributed by atoms with Crippen LogP contribution >= 0.6 is 0 Å². The molecule has 2 N–H and O–H groups in total. The molecule has 2 heterocycles. The van der Waals surface area contributed by atoms with E-state index in [1.165, 1.54) is 4.57 Å². The van der Waals surface area contributed by atoms with Gasteiger partial charge in [-0.15, -0.1) is 0 Å². The Morgan fingerprint density at radius 1 is 1.16 bits per heavy atom. The summed E-state index contributed by atoms with van der Waals surface area (Å²) in [7, 11) is 1.58. The Bertz CT molecular complexity index is 1220. The van der Waals surface area contributed by atoms with E-state index >= 15 is 0 Å². The number of methoxy groups -OCH3 is 1. The van der Waals surface area contributed by atoms with Crippen molar-refractivity contribution in [3.8, 4) is 0 Å². The van der Waals surface area contributed by atoms with Gasteiger partial charge in [-0.2, -0.15) is 0 Å². The zero-order chi connectivity index (χ0) is 23.4. The number of nitrogens with zero attached hydrogens (tertiary/aromatic N) is 3. The van der Waals surface area contributed by atoms with Gasteiger partial charge in [0.25, 0.3) is 5.56 Å². The van der Waals surface area contributed by atoms with Crippen molar-refractivity contribution in [2.45, 2.75) is 53.6 Å². The van der Waals surface area contributed by atoms with E-state index in [9.17, 15) is 14.4 Å². The number of hydrogen-bond acceptors (Lipinski definition) is 5. The number of carbonyl (C=O) groups is 1. The predicted octanol–water partition coefficient (Wildman–Crippen LogP) is 2.38. The molecular weight excluding hydrogens is 410 g/mol. The quantitative estimate of drug-likeness (QED) is 0.530. The average molecular weight is 442 g/mol. The third kappa shape index (κ3) is 5.34. The SMILES string of the molecule is COCCn1c(CCC(=O)Nc2cc(C)cc(C)c2)nc2c1c(=O)[nH]c(=O)n2CC(C)C. The molecule has 0 aliphatic rings. The van der Waals surface area contributed by atoms with Gasteiger partial charge in [-0.1, -0.05) is 19.9 Å². The summed E-state index contributed by atoms with van der Waals surface area (Å²) >= 11 is 0. The lowest BCUT2D eigenvalue weighted by atomic mass is 10.1. The number of fused-ring (bicyclic) bond motifs is 1. The number of anilines is 1. The Morgan fingerprint density at radius 2 is 1.84 bits per heavy atom. The van der Waals surface area contributed by atoms with E-state index in [2.05, 4.69) is 15.3 Å². The fourth-order valence-corrected chi connectivity index (χ4v) is 3.86. The van der Waals surface area contributed by atoms with Gasteiger partial charge in [-0.3, -0.25) is 19.1 Å². The highest BCUT2D eigenvalue weighted by molar-refractivity contribution is 5.91. The minimum absolute atomic E-state index is 0.145. The lowest BCUT2D eigenvalue weighted by Gasteiger charge is -2.10. The molecule has 0 radical (unpaired) electrons. The molecule has 0 saturated heterocycles. The van der Waals surface area contributed by atoms with Gasteiger partial charge < -0.3 is 14.6 Å². The second kappa shape index (κ2) is 9.95. The first-order chi connectivity index (χ1) is 15.2. The molecule has 0 aliphatic heterocycles. The molecular formula is C23H31N5O4. The Morgan fingerprint density at radius 3 is 2.47 bits per heavy atom. The Labute approximate surface area is 186 Å². The molecule has 1 aromatic carbocycles. The molecule has 0 aliphatic carbocycles. The summed E-state index contributed by atoms with van der Waals surface area (Å²) in [6.07, 6.45) is 0.514. The van der Waals surface area contributed by atoms with Gasteiger partial charge in [0.15, 0.2) is 11.2 Å². The molecule has 0 bridgehead atoms. The molecule has 3 aromatic rings. The van der Waals surface area contributed by atoms with Crippen LogP contribution in [-0.2, 0) is 29.0 Å². The van der Waals surface area contributed by atoms with Gasteiger partial charge in [0, 0.05) is 38.7 Å². The number of carbonyl (C=O) groups excluding carboxylic acids is 1. The maximum atomic E-state index is 12.6. The Kier molecular flexibility index (Phi) is 7.29. The van der Waals surface area contributed by atoms with Gasteiger partial charge in [0.1, 0.15) is 5.82 Å². The Hall–Kier alpha value is -3.20. The van der Waals surface area contributed by atoms with Gasteiger partial charge in [-0.25, -0.2) is 9.78 Å². The van der Waals surface area contributed by atoms with Crippen LogP contribution in [0.4, 0.5) is 5.69 Å². The number of H-pyrrole nitrogens is 1. The molecule has 1 amide bonds. The van der Waals surface area contributed by atoms with Gasteiger partial charge >= 0.3 is 5.69 Å². The van der Waals surface area contributed by atoms with Crippen LogP contribution in [0, 0.1) is 19.8 Å². The van der Waals surface area contributed by atoms with E-state index in [0.29, 0.717) is 43.1 Å². The summed E-state index contributed by atoms with van der Waals surface area (Å²) < 4.78 is 8.43. The van der Waals surface area contributed by atoms with Crippen LogP contribution in [0.25, 0.3) is 11.2 Å². The molecule has 0 unspecified atom stereocenters. The van der Waals surface area contributed by atoms with Crippen molar-refractivity contribution in [1.82, 2.24) is 19.1 Å². The van der Waals surface area contributed by atoms with E-state index in [4.69, 9.17) is 4.74 Å². The third-order valence-electron chi connectivity index (χ3n) is 5.11. The highest BCUT2D eigenvalue weighted by Gasteiger charge is 2.19. The van der Waals surface area contributed by atoms with Crippen LogP contribution in [0.5, 0.6) is 0 Å². The van der Waals surface area contributed by atoms with E-state index in [1.807, 2.05) is 45.9 Å². The summed E-state index contributed by atoms with van der Waals surface area (Å²) in [5, 5.41) is 2.92. The number of benzene rings is 1. The molecule has 3 rings (SSSR count). The van der Waals surface area contributed by atoms with Crippen molar-refractivity contribution in [1.29, 1.82) is 0 Å². The third-order valence-corrected chi connectivity index (χ3v) is 5.11. The molecule has 172 valence electrons. The minimum Gasteiger partial charge on any atom is -0.383 e. The maximum Gasteiger partial charge on any atom is 0.330 e. The predicted molar refractivity (Wildman–Crippen MR) is 124 cm³/mol. The molecule has 0 spiro atoms. The monoisotopic (exact) mass is 441 g/mol. The standard InChI is InChI=1S/C23H31N5O4/c1-14(2)13-28-21-20(22(30)26-23(28)31)27(8-9-32-5)18(25-21)6-7-19(29)24-17-11-15(3)10-16(4)12-17/h10-12,14H,6-9,13H2,1-5H3,(H,24,29)(H,26,30,31). The van der Waals surface area contributed by atoms with Crippen LogP contribution in [0.15, 0.2) is 27.8 Å². The van der Waals surface area contributed by atoms with Crippen LogP contribution in [0.1, 0.15) is 37.2 Å². The number of aromatic nitrogens is 4. The number of amides is 1. The van der Waals surface area contributed by atoms with Crippen LogP contribution < -0.4 is 16.6 Å². The molecule has 9 nitrogen and oxygen atoms in total. The number of ether oxygens (including phenoxy) is 1. The zero-order valence-electron chi connectivity index (χ0n) is 19.3. The molecule has 0 saturated carbocycles. The summed E-state index contributed by atoms with van der Waals surface area (Å²) in [6.45, 7) is 9.14. The fraction of sp³-hybridized carbons (Fsp3) is 0.478. The van der Waals surface area contributed by atoms with Crippen LogP contribution in [0.3, 0.4) is 0 Å². The van der Waals surface area contributed by atoms with Crippen LogP contribution in [-0.4, -0.2) is 38.7 Å². The second-order valence-electron chi connectivity index (χ2n) is 8.53. The lowest BCUT2D eigenvalue weighted by Crippen LogP contribution is -2.32. The summed E-state index contributed by atoms with van der Waals surface area (Å²) in [6, 6.07) is 5.88. The molecule has 2 aromatic heterocycles. The number of hydrogen-bond donors (Lipinski definition) is 2. The van der Waals surface area contributed by atoms with Gasteiger partial charge in [0.05, 0.1) is 6.61 Å². The molecule has 0 fully saturated rings. The highest BCUT2D eigenvalue weighted by atomic mass is 16.5. The van der Waals surface area contributed by atoms with Gasteiger partial charge in [0.2, 0.25) is 5.91 Å². The van der Waals surface area contributed by atoms with Crippen molar-refractivity contribution >= 4 is 22.8 Å². The second-order valence-corrected chi connectivity index (χ2v) is 8.53. The number of aryl methyl sites for hydroxylation is 3. The van der Waals surface area contributed by atoms with Crippen molar-refractivity contribution < 1.29 is 9.53 Å². The van der Waals surface area contributed by atoms with E-state index in [-0.39, 0.29) is 18.2 Å². The zero-order valence-corrected chi connectivity index (χ0v) is 19.3. The highest BCUT2D eigenvalue weighted by Crippen LogP contribution is 2.16. The van der Waals surface area contributed by atoms with Crippen molar-refractivity contribution in [2.24, 2.45) is 5.92 Å². The minimum atomic E-state index is -0.487.